The van der Waals surface area contributed by atoms with E-state index in [1.165, 1.54) is 16.7 Å². The largest absolute Gasteiger partial charge is 0.396 e. The van der Waals surface area contributed by atoms with Crippen molar-refractivity contribution >= 4 is 0 Å². The lowest BCUT2D eigenvalue weighted by molar-refractivity contribution is -0.0163. The summed E-state index contributed by atoms with van der Waals surface area (Å²) >= 11 is 0. The first-order chi connectivity index (χ1) is 9.58. The van der Waals surface area contributed by atoms with E-state index < -0.39 is 0 Å². The number of aliphatic hydroxyl groups excluding tert-OH is 1. The molecule has 1 unspecified atom stereocenters. The van der Waals surface area contributed by atoms with Gasteiger partial charge in [0.1, 0.15) is 0 Å². The molecule has 0 spiro atoms. The monoisotopic (exact) mass is 277 g/mol. The Morgan fingerprint density at radius 2 is 2.00 bits per heavy atom. The maximum atomic E-state index is 9.73. The Morgan fingerprint density at radius 3 is 2.65 bits per heavy atom. The van der Waals surface area contributed by atoms with Crippen molar-refractivity contribution in [3.05, 3.63) is 34.9 Å². The van der Waals surface area contributed by atoms with E-state index in [1.54, 1.807) is 0 Å². The second kappa shape index (κ2) is 6.70. The topological polar surface area (TPSA) is 41.5 Å². The zero-order chi connectivity index (χ0) is 14.6. The predicted octanol–water partition coefficient (Wildman–Crippen LogP) is 2.74. The molecule has 3 nitrogen and oxygen atoms in total. The first-order valence-electron chi connectivity index (χ1n) is 7.56. The van der Waals surface area contributed by atoms with Crippen LogP contribution < -0.4 is 5.32 Å². The molecule has 0 amide bonds. The van der Waals surface area contributed by atoms with Gasteiger partial charge < -0.3 is 15.2 Å². The SMILES string of the molecule is Cc1cccc(C(C)NCC2(CO)CCOCC2)c1C. The molecule has 0 radical (unpaired) electrons. The fourth-order valence-electron chi connectivity index (χ4n) is 2.92. The van der Waals surface area contributed by atoms with Crippen LogP contribution in [-0.2, 0) is 4.74 Å². The van der Waals surface area contributed by atoms with Gasteiger partial charge in [-0.1, -0.05) is 18.2 Å². The molecule has 1 heterocycles. The molecule has 0 bridgehead atoms. The van der Waals surface area contributed by atoms with Crippen molar-refractivity contribution in [2.24, 2.45) is 5.41 Å². The van der Waals surface area contributed by atoms with Crippen molar-refractivity contribution in [3.63, 3.8) is 0 Å². The average molecular weight is 277 g/mol. The number of aryl methyl sites for hydroxylation is 1. The molecule has 1 atom stereocenters. The number of hydrogen-bond donors (Lipinski definition) is 2. The normalized spacial score (nSPS) is 19.8. The van der Waals surface area contributed by atoms with E-state index in [2.05, 4.69) is 44.3 Å². The third kappa shape index (κ3) is 3.40. The summed E-state index contributed by atoms with van der Waals surface area (Å²) in [7, 11) is 0. The van der Waals surface area contributed by atoms with Crippen molar-refractivity contribution in [1.82, 2.24) is 5.32 Å². The Kier molecular flexibility index (Phi) is 5.19. The number of benzene rings is 1. The zero-order valence-electron chi connectivity index (χ0n) is 12.9. The predicted molar refractivity (Wildman–Crippen MR) is 81.9 cm³/mol. The molecular formula is C17H27NO2. The van der Waals surface area contributed by atoms with Crippen LogP contribution in [0.25, 0.3) is 0 Å². The van der Waals surface area contributed by atoms with Gasteiger partial charge in [-0.3, -0.25) is 0 Å². The average Bonchev–Trinajstić information content (AvgIpc) is 2.48. The van der Waals surface area contributed by atoms with Crippen LogP contribution in [0.15, 0.2) is 18.2 Å². The zero-order valence-corrected chi connectivity index (χ0v) is 12.9. The van der Waals surface area contributed by atoms with E-state index in [0.29, 0.717) is 6.04 Å². The Bertz CT molecular complexity index is 439. The van der Waals surface area contributed by atoms with Crippen LogP contribution in [0, 0.1) is 19.3 Å². The molecule has 0 saturated carbocycles. The fraction of sp³-hybridized carbons (Fsp3) is 0.647. The van der Waals surface area contributed by atoms with Crippen molar-refractivity contribution < 1.29 is 9.84 Å². The fourth-order valence-corrected chi connectivity index (χ4v) is 2.92. The lowest BCUT2D eigenvalue weighted by Gasteiger charge is -2.36. The Hall–Kier alpha value is -0.900. The van der Waals surface area contributed by atoms with Crippen molar-refractivity contribution in [3.8, 4) is 0 Å². The molecule has 0 aliphatic carbocycles. The van der Waals surface area contributed by atoms with Gasteiger partial charge in [-0.25, -0.2) is 0 Å². The van der Waals surface area contributed by atoms with Gasteiger partial charge in [-0.15, -0.1) is 0 Å². The second-order valence-corrected chi connectivity index (χ2v) is 6.16. The van der Waals surface area contributed by atoms with Gasteiger partial charge in [-0.2, -0.15) is 0 Å². The lowest BCUT2D eigenvalue weighted by Crippen LogP contribution is -2.42. The van der Waals surface area contributed by atoms with E-state index in [0.717, 1.165) is 32.6 Å². The van der Waals surface area contributed by atoms with Crippen LogP contribution in [0.4, 0.5) is 0 Å². The minimum absolute atomic E-state index is 0.00968. The third-order valence-electron chi connectivity index (χ3n) is 4.79. The first-order valence-corrected chi connectivity index (χ1v) is 7.56. The molecule has 1 aliphatic rings. The number of hydrogen-bond acceptors (Lipinski definition) is 3. The second-order valence-electron chi connectivity index (χ2n) is 6.16. The minimum atomic E-state index is -0.00968. The van der Waals surface area contributed by atoms with Crippen LogP contribution in [0.5, 0.6) is 0 Å². The van der Waals surface area contributed by atoms with Gasteiger partial charge in [0.15, 0.2) is 0 Å². The van der Waals surface area contributed by atoms with Crippen LogP contribution in [0.1, 0.15) is 42.5 Å². The summed E-state index contributed by atoms with van der Waals surface area (Å²) in [6, 6.07) is 6.77. The molecule has 2 N–H and O–H groups in total. The smallest absolute Gasteiger partial charge is 0.0501 e. The highest BCUT2D eigenvalue weighted by Gasteiger charge is 2.32. The van der Waals surface area contributed by atoms with Gasteiger partial charge in [0, 0.05) is 31.2 Å². The number of rotatable bonds is 5. The molecule has 2 rings (SSSR count). The maximum Gasteiger partial charge on any atom is 0.0501 e. The number of ether oxygens (including phenoxy) is 1. The summed E-state index contributed by atoms with van der Waals surface area (Å²) < 4.78 is 5.41. The van der Waals surface area contributed by atoms with Crippen molar-refractivity contribution in [2.45, 2.75) is 39.7 Å². The summed E-state index contributed by atoms with van der Waals surface area (Å²) in [5.74, 6) is 0. The molecule has 20 heavy (non-hydrogen) atoms. The van der Waals surface area contributed by atoms with Crippen molar-refractivity contribution in [1.29, 1.82) is 0 Å². The van der Waals surface area contributed by atoms with Crippen LogP contribution in [-0.4, -0.2) is 31.5 Å². The van der Waals surface area contributed by atoms with Gasteiger partial charge >= 0.3 is 0 Å². The van der Waals surface area contributed by atoms with E-state index in [1.807, 2.05) is 0 Å². The maximum absolute atomic E-state index is 9.73. The van der Waals surface area contributed by atoms with Crippen LogP contribution >= 0.6 is 0 Å². The van der Waals surface area contributed by atoms with Gasteiger partial charge in [0.2, 0.25) is 0 Å². The van der Waals surface area contributed by atoms with Gasteiger partial charge in [-0.05, 0) is 50.3 Å². The van der Waals surface area contributed by atoms with E-state index >= 15 is 0 Å². The Balaban J connectivity index is 2.00. The van der Waals surface area contributed by atoms with E-state index in [4.69, 9.17) is 4.74 Å². The summed E-state index contributed by atoms with van der Waals surface area (Å²) in [5.41, 5.74) is 4.03. The molecule has 1 fully saturated rings. The highest BCUT2D eigenvalue weighted by molar-refractivity contribution is 5.35. The molecule has 0 aromatic heterocycles. The van der Waals surface area contributed by atoms with Crippen LogP contribution in [0.2, 0.25) is 0 Å². The summed E-state index contributed by atoms with van der Waals surface area (Å²) in [4.78, 5) is 0. The Labute approximate surface area is 122 Å². The Morgan fingerprint density at radius 1 is 1.30 bits per heavy atom. The summed E-state index contributed by atoms with van der Waals surface area (Å²) in [5, 5.41) is 13.3. The van der Waals surface area contributed by atoms with Gasteiger partial charge in [0.05, 0.1) is 6.61 Å². The molecule has 1 aliphatic heterocycles. The lowest BCUT2D eigenvalue weighted by atomic mass is 9.80. The summed E-state index contributed by atoms with van der Waals surface area (Å²) in [6.07, 6.45) is 1.88. The highest BCUT2D eigenvalue weighted by atomic mass is 16.5. The molecule has 1 aromatic rings. The number of aliphatic hydroxyl groups is 1. The summed E-state index contributed by atoms with van der Waals surface area (Å²) in [6.45, 7) is 9.15. The minimum Gasteiger partial charge on any atom is -0.396 e. The molecule has 112 valence electrons. The number of nitrogens with one attached hydrogen (secondary N) is 1. The third-order valence-corrected chi connectivity index (χ3v) is 4.79. The molecule has 1 aromatic carbocycles. The first kappa shape index (κ1) is 15.5. The van der Waals surface area contributed by atoms with Crippen LogP contribution in [0.3, 0.4) is 0 Å². The van der Waals surface area contributed by atoms with Gasteiger partial charge in [0.25, 0.3) is 0 Å². The van der Waals surface area contributed by atoms with E-state index in [9.17, 15) is 5.11 Å². The highest BCUT2D eigenvalue weighted by Crippen LogP contribution is 2.30. The molecule has 1 saturated heterocycles. The quantitative estimate of drug-likeness (QED) is 0.869. The molecule has 3 heteroatoms. The van der Waals surface area contributed by atoms with E-state index in [-0.39, 0.29) is 12.0 Å². The van der Waals surface area contributed by atoms with Crippen molar-refractivity contribution in [2.75, 3.05) is 26.4 Å². The molecular weight excluding hydrogens is 250 g/mol. The standard InChI is InChI=1S/C17H27NO2/c1-13-5-4-6-16(14(13)2)15(3)18-11-17(12-19)7-9-20-10-8-17/h4-6,15,18-19H,7-12H2,1-3H3.